The van der Waals surface area contributed by atoms with Crippen LogP contribution < -0.4 is 9.47 Å². The van der Waals surface area contributed by atoms with Crippen molar-refractivity contribution in [3.8, 4) is 11.5 Å². The molecule has 1 aromatic carbocycles. The summed E-state index contributed by atoms with van der Waals surface area (Å²) in [4.78, 5) is 35.3. The van der Waals surface area contributed by atoms with Crippen LogP contribution in [0.25, 0.3) is 0 Å². The molecule has 0 amide bonds. The normalized spacial score (nSPS) is 31.1. The predicted octanol–water partition coefficient (Wildman–Crippen LogP) is 4.63. The molecule has 0 radical (unpaired) electrons. The van der Waals surface area contributed by atoms with E-state index in [9.17, 15) is 14.4 Å². The first-order valence-electron chi connectivity index (χ1n) is 11.3. The van der Waals surface area contributed by atoms with Crippen LogP contribution in [0.2, 0.25) is 0 Å². The third-order valence-electron chi connectivity index (χ3n) is 7.83. The van der Waals surface area contributed by atoms with Crippen molar-refractivity contribution >= 4 is 17.9 Å². The summed E-state index contributed by atoms with van der Waals surface area (Å²) >= 11 is 0. The first-order chi connectivity index (χ1) is 14.6. The Morgan fingerprint density at radius 2 is 1.68 bits per heavy atom. The van der Waals surface area contributed by atoms with Gasteiger partial charge in [-0.2, -0.15) is 0 Å². The van der Waals surface area contributed by atoms with Crippen molar-refractivity contribution in [2.45, 2.75) is 85.2 Å². The molecule has 168 valence electrons. The molecule has 31 heavy (non-hydrogen) atoms. The summed E-state index contributed by atoms with van der Waals surface area (Å²) in [5.41, 5.74) is 2.83. The number of fused-ring (bicyclic) bond motifs is 5. The van der Waals surface area contributed by atoms with Gasteiger partial charge in [-0.15, -0.1) is 0 Å². The zero-order chi connectivity index (χ0) is 22.5. The van der Waals surface area contributed by atoms with Crippen LogP contribution in [0.3, 0.4) is 0 Å². The van der Waals surface area contributed by atoms with Crippen LogP contribution >= 0.6 is 0 Å². The standard InChI is InChI=1S/C25H32O6/c1-13-12-21(29-14(2)26)23-18-10-11-25(5)20(8-9-22(25)30-15(3)27)17(18)6-7-19(23)24(13)31-16(4)28/h12,17-18,20,22H,6-11H2,1-5H3/t17-,18+,20+,22+,25+/m1/s1. The van der Waals surface area contributed by atoms with Gasteiger partial charge < -0.3 is 14.2 Å². The molecular formula is C25H32O6. The summed E-state index contributed by atoms with van der Waals surface area (Å²) in [6, 6.07) is 1.84. The lowest BCUT2D eigenvalue weighted by Gasteiger charge is -2.50. The maximum absolute atomic E-state index is 11.9. The van der Waals surface area contributed by atoms with Gasteiger partial charge in [0.15, 0.2) is 0 Å². The van der Waals surface area contributed by atoms with E-state index in [0.717, 1.165) is 55.2 Å². The molecule has 0 spiro atoms. The third kappa shape index (κ3) is 3.74. The van der Waals surface area contributed by atoms with E-state index in [1.807, 2.05) is 13.0 Å². The van der Waals surface area contributed by atoms with E-state index in [2.05, 4.69) is 6.92 Å². The smallest absolute Gasteiger partial charge is 0.308 e. The molecule has 0 bridgehead atoms. The van der Waals surface area contributed by atoms with E-state index in [4.69, 9.17) is 14.2 Å². The first-order valence-corrected chi connectivity index (χ1v) is 11.3. The average molecular weight is 429 g/mol. The minimum atomic E-state index is -0.347. The Labute approximate surface area is 183 Å². The van der Waals surface area contributed by atoms with Gasteiger partial charge in [-0.3, -0.25) is 14.4 Å². The molecule has 6 nitrogen and oxygen atoms in total. The van der Waals surface area contributed by atoms with Gasteiger partial charge in [0.25, 0.3) is 0 Å². The summed E-state index contributed by atoms with van der Waals surface area (Å²) in [6.45, 7) is 8.48. The minimum Gasteiger partial charge on any atom is -0.462 e. The summed E-state index contributed by atoms with van der Waals surface area (Å²) in [6.07, 6.45) is 5.56. The van der Waals surface area contributed by atoms with Crippen molar-refractivity contribution in [2.75, 3.05) is 0 Å². The summed E-state index contributed by atoms with van der Waals surface area (Å²) < 4.78 is 17.0. The minimum absolute atomic E-state index is 0.0185. The van der Waals surface area contributed by atoms with Crippen molar-refractivity contribution in [2.24, 2.45) is 17.3 Å². The van der Waals surface area contributed by atoms with Crippen LogP contribution in [0.5, 0.6) is 11.5 Å². The van der Waals surface area contributed by atoms with Crippen molar-refractivity contribution in [3.63, 3.8) is 0 Å². The van der Waals surface area contributed by atoms with Crippen LogP contribution in [-0.4, -0.2) is 24.0 Å². The highest BCUT2D eigenvalue weighted by Crippen LogP contribution is 2.63. The number of carbonyl (C=O) groups excluding carboxylic acids is 3. The maximum atomic E-state index is 11.9. The average Bonchev–Trinajstić information content (AvgIpc) is 2.99. The molecule has 0 unspecified atom stereocenters. The van der Waals surface area contributed by atoms with Gasteiger partial charge in [-0.25, -0.2) is 0 Å². The maximum Gasteiger partial charge on any atom is 0.308 e. The predicted molar refractivity (Wildman–Crippen MR) is 114 cm³/mol. The lowest BCUT2D eigenvalue weighted by atomic mass is 9.55. The molecule has 2 fully saturated rings. The second-order valence-electron chi connectivity index (χ2n) is 9.74. The number of carbonyl (C=O) groups is 3. The number of benzene rings is 1. The van der Waals surface area contributed by atoms with Gasteiger partial charge in [-0.05, 0) is 74.8 Å². The second-order valence-corrected chi connectivity index (χ2v) is 9.74. The fraction of sp³-hybridized carbons (Fsp3) is 0.640. The molecule has 4 rings (SSSR count). The Hall–Kier alpha value is -2.37. The molecule has 2 saturated carbocycles. The van der Waals surface area contributed by atoms with Crippen molar-refractivity contribution < 1.29 is 28.6 Å². The van der Waals surface area contributed by atoms with Crippen LogP contribution in [-0.2, 0) is 25.5 Å². The Kier molecular flexibility index (Phi) is 5.61. The molecule has 0 saturated heterocycles. The molecule has 3 aliphatic rings. The molecule has 5 atom stereocenters. The van der Waals surface area contributed by atoms with E-state index < -0.39 is 0 Å². The van der Waals surface area contributed by atoms with Gasteiger partial charge in [0.1, 0.15) is 17.6 Å². The zero-order valence-corrected chi connectivity index (χ0v) is 19.1. The first kappa shape index (κ1) is 21.8. The largest absolute Gasteiger partial charge is 0.462 e. The van der Waals surface area contributed by atoms with Crippen molar-refractivity contribution in [1.29, 1.82) is 0 Å². The Balaban J connectivity index is 1.75. The van der Waals surface area contributed by atoms with Gasteiger partial charge in [0.05, 0.1) is 0 Å². The Morgan fingerprint density at radius 3 is 2.32 bits per heavy atom. The molecular weight excluding hydrogens is 396 g/mol. The number of hydrogen-bond donors (Lipinski definition) is 0. The van der Waals surface area contributed by atoms with E-state index in [1.165, 1.54) is 20.8 Å². The molecule has 1 aromatic rings. The summed E-state index contributed by atoms with van der Waals surface area (Å²) in [5.74, 6) is 1.44. The lowest BCUT2D eigenvalue weighted by Crippen LogP contribution is -2.45. The quantitative estimate of drug-likeness (QED) is 0.516. The lowest BCUT2D eigenvalue weighted by molar-refractivity contribution is -0.154. The fourth-order valence-corrected chi connectivity index (χ4v) is 6.73. The van der Waals surface area contributed by atoms with Crippen LogP contribution in [0.4, 0.5) is 0 Å². The monoisotopic (exact) mass is 428 g/mol. The highest BCUT2D eigenvalue weighted by atomic mass is 16.5. The highest BCUT2D eigenvalue weighted by molar-refractivity contribution is 5.74. The molecule has 0 N–H and O–H groups in total. The number of ether oxygens (including phenoxy) is 3. The van der Waals surface area contributed by atoms with Gasteiger partial charge in [-0.1, -0.05) is 6.92 Å². The third-order valence-corrected chi connectivity index (χ3v) is 7.83. The molecule has 3 aliphatic carbocycles. The molecule has 0 aliphatic heterocycles. The van der Waals surface area contributed by atoms with Gasteiger partial charge >= 0.3 is 17.9 Å². The van der Waals surface area contributed by atoms with E-state index in [0.29, 0.717) is 23.3 Å². The molecule has 0 heterocycles. The van der Waals surface area contributed by atoms with E-state index in [1.54, 1.807) is 0 Å². The van der Waals surface area contributed by atoms with Crippen LogP contribution in [0.15, 0.2) is 6.07 Å². The molecule has 0 aromatic heterocycles. The zero-order valence-electron chi connectivity index (χ0n) is 19.1. The number of esters is 3. The highest BCUT2D eigenvalue weighted by Gasteiger charge is 2.56. The number of rotatable bonds is 3. The Morgan fingerprint density at radius 1 is 0.968 bits per heavy atom. The van der Waals surface area contributed by atoms with Crippen LogP contribution in [0, 0.1) is 24.2 Å². The van der Waals surface area contributed by atoms with E-state index in [-0.39, 0.29) is 35.3 Å². The summed E-state index contributed by atoms with van der Waals surface area (Å²) in [7, 11) is 0. The second kappa shape index (κ2) is 7.95. The molecule has 6 heteroatoms. The number of aryl methyl sites for hydroxylation is 1. The summed E-state index contributed by atoms with van der Waals surface area (Å²) in [5, 5.41) is 0. The van der Waals surface area contributed by atoms with Crippen LogP contribution in [0.1, 0.15) is 82.4 Å². The van der Waals surface area contributed by atoms with Crippen molar-refractivity contribution in [3.05, 3.63) is 22.8 Å². The van der Waals surface area contributed by atoms with Gasteiger partial charge in [0.2, 0.25) is 0 Å². The SMILES string of the molecule is CC(=O)Oc1cc(C)c(OC(C)=O)c2c1[C@H]1CC[C@]3(C)[C@@H](OC(C)=O)CC[C@H]3[C@@H]1CC2. The number of hydrogen-bond acceptors (Lipinski definition) is 6. The van der Waals surface area contributed by atoms with Gasteiger partial charge in [0, 0.05) is 37.3 Å². The topological polar surface area (TPSA) is 78.9 Å². The van der Waals surface area contributed by atoms with Crippen molar-refractivity contribution in [1.82, 2.24) is 0 Å². The Bertz CT molecular complexity index is 934. The fourth-order valence-electron chi connectivity index (χ4n) is 6.73. The van der Waals surface area contributed by atoms with E-state index >= 15 is 0 Å².